The number of thiophene rings is 1. The molecule has 0 aliphatic carbocycles. The number of aromatic nitrogens is 3. The molecule has 2 aromatic heterocycles. The molecule has 3 rings (SSSR count). The first-order chi connectivity index (χ1) is 11.5. The molecule has 0 spiro atoms. The summed E-state index contributed by atoms with van der Waals surface area (Å²) < 4.78 is 4.44. The number of halogens is 2. The van der Waals surface area contributed by atoms with Gasteiger partial charge in [0.2, 0.25) is 0 Å². The second-order valence-corrected chi connectivity index (χ2v) is 7.61. The summed E-state index contributed by atoms with van der Waals surface area (Å²) in [4.78, 5) is 3.20. The largest absolute Gasteiger partial charge is 0.302 e. The summed E-state index contributed by atoms with van der Waals surface area (Å²) in [6.45, 7) is 1.23. The Morgan fingerprint density at radius 1 is 1.25 bits per heavy atom. The lowest BCUT2D eigenvalue weighted by atomic mass is 10.2. The van der Waals surface area contributed by atoms with Crippen molar-refractivity contribution in [2.45, 2.75) is 13.2 Å². The molecule has 24 heavy (non-hydrogen) atoms. The molecule has 4 nitrogen and oxygen atoms in total. The summed E-state index contributed by atoms with van der Waals surface area (Å²) in [5, 5.41) is 7.85. The number of nitrogens with zero attached hydrogens (tertiary/aromatic N) is 4. The van der Waals surface area contributed by atoms with Gasteiger partial charge in [0.25, 0.3) is 0 Å². The minimum Gasteiger partial charge on any atom is -0.302 e. The highest BCUT2D eigenvalue weighted by Gasteiger charge is 2.13. The van der Waals surface area contributed by atoms with Crippen molar-refractivity contribution < 1.29 is 0 Å². The standard InChI is InChI=1S/C16H16Cl2N4S2/c1-20(9-11-5-3-6-12(17)14(11)18)10-22-16(23)21(2)15(19-22)13-7-4-8-24-13/h3-8H,9-10H2,1-2H3. The highest BCUT2D eigenvalue weighted by Crippen LogP contribution is 2.26. The first-order valence-corrected chi connectivity index (χ1v) is 9.31. The van der Waals surface area contributed by atoms with Crippen LogP contribution in [0.15, 0.2) is 35.7 Å². The van der Waals surface area contributed by atoms with Crippen molar-refractivity contribution in [1.82, 2.24) is 19.2 Å². The van der Waals surface area contributed by atoms with E-state index in [1.165, 1.54) is 0 Å². The third kappa shape index (κ3) is 3.58. The summed E-state index contributed by atoms with van der Waals surface area (Å²) >= 11 is 19.5. The van der Waals surface area contributed by atoms with Crippen LogP contribution in [0, 0.1) is 4.77 Å². The van der Waals surface area contributed by atoms with E-state index in [0.29, 0.717) is 28.0 Å². The van der Waals surface area contributed by atoms with Gasteiger partial charge in [0, 0.05) is 13.6 Å². The predicted molar refractivity (Wildman–Crippen MR) is 103 cm³/mol. The van der Waals surface area contributed by atoms with Crippen LogP contribution in [0.3, 0.4) is 0 Å². The van der Waals surface area contributed by atoms with Crippen molar-refractivity contribution in [3.8, 4) is 10.7 Å². The van der Waals surface area contributed by atoms with Gasteiger partial charge in [0.15, 0.2) is 10.6 Å². The Balaban J connectivity index is 1.80. The Labute approximate surface area is 159 Å². The molecule has 0 bridgehead atoms. The van der Waals surface area contributed by atoms with Crippen LogP contribution < -0.4 is 0 Å². The van der Waals surface area contributed by atoms with E-state index in [4.69, 9.17) is 35.4 Å². The molecule has 3 aromatic rings. The third-order valence-electron chi connectivity index (χ3n) is 3.63. The number of hydrogen-bond donors (Lipinski definition) is 0. The highest BCUT2D eigenvalue weighted by atomic mass is 35.5. The van der Waals surface area contributed by atoms with Crippen molar-refractivity contribution in [1.29, 1.82) is 0 Å². The lowest BCUT2D eigenvalue weighted by molar-refractivity contribution is 0.244. The first kappa shape index (κ1) is 17.6. The van der Waals surface area contributed by atoms with E-state index < -0.39 is 0 Å². The van der Waals surface area contributed by atoms with Gasteiger partial charge < -0.3 is 4.57 Å². The molecule has 126 valence electrons. The fourth-order valence-corrected chi connectivity index (χ4v) is 3.75. The molecular formula is C16H16Cl2N4S2. The molecule has 0 radical (unpaired) electrons. The van der Waals surface area contributed by atoms with Gasteiger partial charge in [-0.05, 0) is 42.3 Å². The summed E-state index contributed by atoms with van der Waals surface area (Å²) in [5.74, 6) is 0.879. The van der Waals surface area contributed by atoms with Gasteiger partial charge in [0.05, 0.1) is 21.6 Å². The van der Waals surface area contributed by atoms with E-state index in [0.717, 1.165) is 16.3 Å². The number of benzene rings is 1. The van der Waals surface area contributed by atoms with Crippen LogP contribution in [0.1, 0.15) is 5.56 Å². The van der Waals surface area contributed by atoms with Crippen LogP contribution in [-0.2, 0) is 20.3 Å². The Bertz CT molecular complexity index is 899. The third-order valence-corrected chi connectivity index (χ3v) is 5.84. The molecule has 0 amide bonds. The van der Waals surface area contributed by atoms with Crippen LogP contribution in [0.4, 0.5) is 0 Å². The Hall–Kier alpha value is -1.18. The minimum atomic E-state index is 0.567. The lowest BCUT2D eigenvalue weighted by Gasteiger charge is -2.17. The van der Waals surface area contributed by atoms with Gasteiger partial charge in [-0.25, -0.2) is 4.68 Å². The van der Waals surface area contributed by atoms with Crippen LogP contribution in [0.25, 0.3) is 10.7 Å². The maximum atomic E-state index is 6.26. The first-order valence-electron chi connectivity index (χ1n) is 7.26. The van der Waals surface area contributed by atoms with E-state index in [9.17, 15) is 0 Å². The second-order valence-electron chi connectivity index (χ2n) is 5.51. The zero-order valence-electron chi connectivity index (χ0n) is 13.2. The molecular weight excluding hydrogens is 383 g/mol. The Kier molecular flexibility index (Phi) is 5.42. The smallest absolute Gasteiger partial charge is 0.199 e. The van der Waals surface area contributed by atoms with Crippen molar-refractivity contribution in [3.05, 3.63) is 56.1 Å². The molecule has 0 atom stereocenters. The monoisotopic (exact) mass is 398 g/mol. The molecule has 0 fully saturated rings. The molecule has 1 aromatic carbocycles. The maximum Gasteiger partial charge on any atom is 0.199 e. The fourth-order valence-electron chi connectivity index (χ4n) is 2.44. The predicted octanol–water partition coefficient (Wildman–Crippen LogP) is 5.08. The van der Waals surface area contributed by atoms with Crippen molar-refractivity contribution in [3.63, 3.8) is 0 Å². The Morgan fingerprint density at radius 3 is 2.75 bits per heavy atom. The fraction of sp³-hybridized carbons (Fsp3) is 0.250. The van der Waals surface area contributed by atoms with Crippen LogP contribution in [0.5, 0.6) is 0 Å². The van der Waals surface area contributed by atoms with Gasteiger partial charge in [-0.15, -0.1) is 16.4 Å². The zero-order valence-corrected chi connectivity index (χ0v) is 16.4. The van der Waals surface area contributed by atoms with Crippen molar-refractivity contribution in [2.75, 3.05) is 7.05 Å². The van der Waals surface area contributed by atoms with Crippen molar-refractivity contribution in [2.24, 2.45) is 7.05 Å². The molecule has 0 aliphatic heterocycles. The number of rotatable bonds is 5. The molecule has 2 heterocycles. The van der Waals surface area contributed by atoms with Gasteiger partial charge in [0.1, 0.15) is 0 Å². The van der Waals surface area contributed by atoms with E-state index in [1.54, 1.807) is 17.4 Å². The number of hydrogen-bond acceptors (Lipinski definition) is 4. The summed E-state index contributed by atoms with van der Waals surface area (Å²) in [6.07, 6.45) is 0. The molecule has 8 heteroatoms. The Morgan fingerprint density at radius 2 is 2.04 bits per heavy atom. The van der Waals surface area contributed by atoms with Gasteiger partial charge in [-0.2, -0.15) is 0 Å². The highest BCUT2D eigenvalue weighted by molar-refractivity contribution is 7.71. The molecule has 0 aliphatic rings. The molecule has 0 N–H and O–H groups in total. The quantitative estimate of drug-likeness (QED) is 0.560. The van der Waals surface area contributed by atoms with E-state index >= 15 is 0 Å². The summed E-state index contributed by atoms with van der Waals surface area (Å²) in [6, 6.07) is 9.71. The SMILES string of the molecule is CN(Cc1cccc(Cl)c1Cl)Cn1nc(-c2cccs2)n(C)c1=S. The topological polar surface area (TPSA) is 26.0 Å². The van der Waals surface area contributed by atoms with Crippen LogP contribution in [-0.4, -0.2) is 26.3 Å². The minimum absolute atomic E-state index is 0.567. The maximum absolute atomic E-state index is 6.26. The van der Waals surface area contributed by atoms with Crippen LogP contribution in [0.2, 0.25) is 10.0 Å². The summed E-state index contributed by atoms with van der Waals surface area (Å²) in [5.41, 5.74) is 0.979. The average Bonchev–Trinajstić information content (AvgIpc) is 3.16. The van der Waals surface area contributed by atoms with E-state index in [2.05, 4.69) is 10.00 Å². The van der Waals surface area contributed by atoms with Gasteiger partial charge >= 0.3 is 0 Å². The average molecular weight is 399 g/mol. The molecule has 0 unspecified atom stereocenters. The second kappa shape index (κ2) is 7.37. The lowest BCUT2D eigenvalue weighted by Crippen LogP contribution is -2.22. The summed E-state index contributed by atoms with van der Waals surface area (Å²) in [7, 11) is 3.94. The zero-order chi connectivity index (χ0) is 17.3. The van der Waals surface area contributed by atoms with Gasteiger partial charge in [-0.1, -0.05) is 41.4 Å². The molecule has 0 saturated heterocycles. The van der Waals surface area contributed by atoms with E-state index in [1.807, 2.05) is 53.0 Å². The van der Waals surface area contributed by atoms with Gasteiger partial charge in [-0.3, -0.25) is 4.90 Å². The molecule has 0 saturated carbocycles. The van der Waals surface area contributed by atoms with Crippen molar-refractivity contribution >= 4 is 46.8 Å². The van der Waals surface area contributed by atoms with E-state index in [-0.39, 0.29) is 0 Å². The van der Waals surface area contributed by atoms with Crippen LogP contribution >= 0.6 is 46.8 Å². The normalized spacial score (nSPS) is 11.4.